The number of nitrogens with zero attached hydrogens (tertiary/aromatic N) is 5. The molecule has 0 spiro atoms. The fraction of sp³-hybridized carbons (Fsp3) is 0.333. The molecule has 2 aliphatic rings. The average Bonchev–Trinajstić information content (AvgIpc) is 3.11. The standard InChI is InChI=1S/C21H24N6O3S/c1-25(11-12-28)18-14-15(13-17-19(29)24-21(30)31-17)22-20(23-18)27-9-7-26(8-10-27)16-5-3-2-4-6-16/h2-6,13-14,28H,7-12H2,1H3,(H,24,29,30)/b17-13-. The molecule has 0 saturated carbocycles. The lowest BCUT2D eigenvalue weighted by molar-refractivity contribution is -0.115. The number of hydrogen-bond donors (Lipinski definition) is 2. The molecule has 1 aromatic heterocycles. The Hall–Kier alpha value is -3.11. The lowest BCUT2D eigenvalue weighted by Gasteiger charge is -2.36. The first-order valence-corrected chi connectivity index (χ1v) is 10.9. The second kappa shape index (κ2) is 9.36. The van der Waals surface area contributed by atoms with Crippen LogP contribution in [-0.4, -0.2) is 72.6 Å². The predicted molar refractivity (Wildman–Crippen MR) is 122 cm³/mol. The van der Waals surface area contributed by atoms with Crippen LogP contribution in [0.4, 0.5) is 22.2 Å². The highest BCUT2D eigenvalue weighted by Crippen LogP contribution is 2.27. The van der Waals surface area contributed by atoms with Gasteiger partial charge in [-0.05, 0) is 30.0 Å². The van der Waals surface area contributed by atoms with Gasteiger partial charge in [0.05, 0.1) is 17.2 Å². The van der Waals surface area contributed by atoms with Gasteiger partial charge in [0.15, 0.2) is 0 Å². The van der Waals surface area contributed by atoms with E-state index >= 15 is 0 Å². The van der Waals surface area contributed by atoms with Gasteiger partial charge in [0.2, 0.25) is 5.95 Å². The molecule has 0 bridgehead atoms. The number of benzene rings is 1. The number of rotatable bonds is 6. The average molecular weight is 441 g/mol. The maximum atomic E-state index is 11.9. The molecule has 2 saturated heterocycles. The zero-order valence-corrected chi connectivity index (χ0v) is 18.0. The van der Waals surface area contributed by atoms with E-state index < -0.39 is 5.91 Å². The van der Waals surface area contributed by atoms with Crippen LogP contribution >= 0.6 is 11.8 Å². The Kier molecular flexibility index (Phi) is 6.38. The van der Waals surface area contributed by atoms with Gasteiger partial charge < -0.3 is 19.8 Å². The summed E-state index contributed by atoms with van der Waals surface area (Å²) in [6.07, 6.45) is 1.60. The molecule has 0 unspecified atom stereocenters. The molecule has 31 heavy (non-hydrogen) atoms. The molecule has 0 atom stereocenters. The third-order valence-corrected chi connectivity index (χ3v) is 5.96. The van der Waals surface area contributed by atoms with E-state index in [2.05, 4.69) is 37.2 Å². The molecule has 2 N–H and O–H groups in total. The van der Waals surface area contributed by atoms with Crippen LogP contribution in [0, 0.1) is 0 Å². The van der Waals surface area contributed by atoms with Crippen molar-refractivity contribution in [2.45, 2.75) is 0 Å². The summed E-state index contributed by atoms with van der Waals surface area (Å²) in [4.78, 5) is 39.3. The molecule has 3 heterocycles. The van der Waals surface area contributed by atoms with Crippen LogP contribution in [0.2, 0.25) is 0 Å². The van der Waals surface area contributed by atoms with Crippen molar-refractivity contribution in [2.75, 3.05) is 61.1 Å². The van der Waals surface area contributed by atoms with E-state index in [0.717, 1.165) is 37.9 Å². The van der Waals surface area contributed by atoms with E-state index in [9.17, 15) is 14.7 Å². The Bertz CT molecular complexity index is 992. The number of nitrogens with one attached hydrogen (secondary N) is 1. The van der Waals surface area contributed by atoms with Gasteiger partial charge in [0.25, 0.3) is 11.1 Å². The van der Waals surface area contributed by atoms with Gasteiger partial charge >= 0.3 is 0 Å². The highest BCUT2D eigenvalue weighted by Gasteiger charge is 2.26. The third kappa shape index (κ3) is 4.97. The van der Waals surface area contributed by atoms with Crippen LogP contribution < -0.4 is 20.0 Å². The molecule has 4 rings (SSSR count). The van der Waals surface area contributed by atoms with Crippen LogP contribution in [0.3, 0.4) is 0 Å². The van der Waals surface area contributed by atoms with Crippen molar-refractivity contribution in [2.24, 2.45) is 0 Å². The summed E-state index contributed by atoms with van der Waals surface area (Å²) in [6.45, 7) is 3.61. The number of hydrogen-bond acceptors (Lipinski definition) is 9. The van der Waals surface area contributed by atoms with E-state index in [-0.39, 0.29) is 11.8 Å². The number of carbonyl (C=O) groups is 2. The van der Waals surface area contributed by atoms with E-state index in [1.165, 1.54) is 5.69 Å². The molecule has 10 heteroatoms. The number of amides is 2. The van der Waals surface area contributed by atoms with E-state index in [1.54, 1.807) is 12.1 Å². The van der Waals surface area contributed by atoms with Gasteiger partial charge in [-0.1, -0.05) is 18.2 Å². The highest BCUT2D eigenvalue weighted by atomic mass is 32.2. The summed E-state index contributed by atoms with van der Waals surface area (Å²) in [5, 5.41) is 11.2. The number of imide groups is 1. The summed E-state index contributed by atoms with van der Waals surface area (Å²) in [7, 11) is 1.84. The van der Waals surface area contributed by atoms with Gasteiger partial charge in [0, 0.05) is 51.5 Å². The normalized spacial score (nSPS) is 17.9. The number of piperazine rings is 1. The summed E-state index contributed by atoms with van der Waals surface area (Å²) in [5.74, 6) is 0.791. The SMILES string of the molecule is CN(CCO)c1cc(/C=C2\SC(=O)NC2=O)nc(N2CCN(c3ccccc3)CC2)n1. The molecule has 9 nitrogen and oxygen atoms in total. The zero-order valence-electron chi connectivity index (χ0n) is 17.2. The minimum absolute atomic E-state index is 0.00519. The Labute approximate surface area is 184 Å². The number of likely N-dealkylation sites (N-methyl/N-ethyl adjacent to an activating group) is 1. The van der Waals surface area contributed by atoms with Gasteiger partial charge in [-0.15, -0.1) is 0 Å². The molecule has 1 aromatic carbocycles. The quantitative estimate of drug-likeness (QED) is 0.648. The Morgan fingerprint density at radius 1 is 1.13 bits per heavy atom. The van der Waals surface area contributed by atoms with E-state index in [0.29, 0.717) is 28.9 Å². The first-order chi connectivity index (χ1) is 15.0. The fourth-order valence-electron chi connectivity index (χ4n) is 3.47. The number of aliphatic hydroxyl groups excluding tert-OH is 1. The number of aliphatic hydroxyl groups is 1. The van der Waals surface area contributed by atoms with Crippen LogP contribution in [0.15, 0.2) is 41.3 Å². The lowest BCUT2D eigenvalue weighted by Crippen LogP contribution is -2.47. The van der Waals surface area contributed by atoms with E-state index in [4.69, 9.17) is 0 Å². The van der Waals surface area contributed by atoms with Crippen molar-refractivity contribution in [3.63, 3.8) is 0 Å². The van der Waals surface area contributed by atoms with Gasteiger partial charge in [-0.25, -0.2) is 4.98 Å². The van der Waals surface area contributed by atoms with Crippen molar-refractivity contribution in [1.82, 2.24) is 15.3 Å². The molecule has 2 amide bonds. The fourth-order valence-corrected chi connectivity index (χ4v) is 4.14. The van der Waals surface area contributed by atoms with E-state index in [1.807, 2.05) is 30.1 Å². The van der Waals surface area contributed by atoms with Crippen LogP contribution in [0.5, 0.6) is 0 Å². The summed E-state index contributed by atoms with van der Waals surface area (Å²) in [5.41, 5.74) is 1.74. The summed E-state index contributed by atoms with van der Waals surface area (Å²) >= 11 is 0.860. The molecule has 162 valence electrons. The molecule has 0 radical (unpaired) electrons. The minimum atomic E-state index is -0.420. The third-order valence-electron chi connectivity index (χ3n) is 5.15. The monoisotopic (exact) mass is 440 g/mol. The van der Waals surface area contributed by atoms with Crippen molar-refractivity contribution >= 4 is 46.4 Å². The Morgan fingerprint density at radius 2 is 1.84 bits per heavy atom. The zero-order chi connectivity index (χ0) is 21.8. The van der Waals surface area contributed by atoms with Crippen molar-refractivity contribution in [3.8, 4) is 0 Å². The maximum absolute atomic E-state index is 11.9. The lowest BCUT2D eigenvalue weighted by atomic mass is 10.2. The Balaban J connectivity index is 1.58. The first kappa shape index (κ1) is 21.1. The summed E-state index contributed by atoms with van der Waals surface area (Å²) in [6, 6.07) is 12.0. The molecule has 0 aliphatic carbocycles. The maximum Gasteiger partial charge on any atom is 0.290 e. The number of thioether (sulfide) groups is 1. The van der Waals surface area contributed by atoms with Crippen molar-refractivity contribution in [3.05, 3.63) is 47.0 Å². The topological polar surface area (TPSA) is 102 Å². The number of anilines is 3. The summed E-state index contributed by atoms with van der Waals surface area (Å²) < 4.78 is 0. The van der Waals surface area contributed by atoms with Crippen molar-refractivity contribution in [1.29, 1.82) is 0 Å². The van der Waals surface area contributed by atoms with Crippen LogP contribution in [-0.2, 0) is 4.79 Å². The van der Waals surface area contributed by atoms with Crippen LogP contribution in [0.25, 0.3) is 6.08 Å². The molecule has 2 aromatic rings. The molecular weight excluding hydrogens is 416 g/mol. The van der Waals surface area contributed by atoms with Crippen LogP contribution in [0.1, 0.15) is 5.69 Å². The Morgan fingerprint density at radius 3 is 2.48 bits per heavy atom. The largest absolute Gasteiger partial charge is 0.395 e. The number of para-hydroxylation sites is 1. The number of carbonyl (C=O) groups excluding carboxylic acids is 2. The second-order valence-electron chi connectivity index (χ2n) is 7.26. The van der Waals surface area contributed by atoms with Gasteiger partial charge in [-0.3, -0.25) is 14.9 Å². The molecule has 2 fully saturated rings. The molecular formula is C21H24N6O3S. The predicted octanol–water partition coefficient (Wildman–Crippen LogP) is 1.56. The van der Waals surface area contributed by atoms with Gasteiger partial charge in [-0.2, -0.15) is 4.98 Å². The molecule has 2 aliphatic heterocycles. The highest BCUT2D eigenvalue weighted by molar-refractivity contribution is 8.18. The van der Waals surface area contributed by atoms with Gasteiger partial charge in [0.1, 0.15) is 5.82 Å². The smallest absolute Gasteiger partial charge is 0.290 e. The van der Waals surface area contributed by atoms with Crippen molar-refractivity contribution < 1.29 is 14.7 Å². The first-order valence-electron chi connectivity index (χ1n) is 10.0. The number of aromatic nitrogens is 2. The minimum Gasteiger partial charge on any atom is -0.395 e. The second-order valence-corrected chi connectivity index (χ2v) is 8.27.